The van der Waals surface area contributed by atoms with Gasteiger partial charge in [0.15, 0.2) is 0 Å². The second kappa shape index (κ2) is 6.27. The summed E-state index contributed by atoms with van der Waals surface area (Å²) in [5.41, 5.74) is -0.366. The number of nitrogens with zero attached hydrogens (tertiary/aromatic N) is 1. The van der Waals surface area contributed by atoms with Gasteiger partial charge in [-0.1, -0.05) is 33.6 Å². The number of amides is 1. The molecule has 4 atom stereocenters. The quantitative estimate of drug-likeness (QED) is 0.865. The molecule has 0 aromatic heterocycles. The molecule has 116 valence electrons. The highest BCUT2D eigenvalue weighted by molar-refractivity contribution is 7.99. The molecule has 2 aliphatic rings. The fourth-order valence-corrected chi connectivity index (χ4v) is 4.62. The van der Waals surface area contributed by atoms with E-state index >= 15 is 0 Å². The van der Waals surface area contributed by atoms with Gasteiger partial charge in [0, 0.05) is 11.3 Å². The van der Waals surface area contributed by atoms with E-state index in [2.05, 4.69) is 44.2 Å². The summed E-state index contributed by atoms with van der Waals surface area (Å²) in [6.45, 7) is 8.62. The fourth-order valence-electron chi connectivity index (χ4n) is 3.64. The maximum absolute atomic E-state index is 13.0. The minimum atomic E-state index is -0.366. The van der Waals surface area contributed by atoms with Gasteiger partial charge in [-0.2, -0.15) is 11.8 Å². The maximum atomic E-state index is 13.0. The van der Waals surface area contributed by atoms with Crippen molar-refractivity contribution in [2.75, 3.05) is 6.26 Å². The highest BCUT2D eigenvalue weighted by Crippen LogP contribution is 2.37. The minimum absolute atomic E-state index is 0.199. The SMILES string of the molecule is CCC1(C)NC(C(C)C)N(C2CCCCC2SC)C1=O. The Balaban J connectivity index is 2.28. The molecule has 1 saturated heterocycles. The highest BCUT2D eigenvalue weighted by atomic mass is 32.2. The fraction of sp³-hybridized carbons (Fsp3) is 0.938. The normalized spacial score (nSPS) is 38.8. The van der Waals surface area contributed by atoms with Crippen LogP contribution in [-0.4, -0.2) is 40.1 Å². The molecule has 1 amide bonds. The van der Waals surface area contributed by atoms with E-state index < -0.39 is 0 Å². The van der Waals surface area contributed by atoms with E-state index in [1.54, 1.807) is 0 Å². The number of rotatable bonds is 4. The number of hydrogen-bond donors (Lipinski definition) is 1. The molecule has 0 bridgehead atoms. The Labute approximate surface area is 128 Å². The van der Waals surface area contributed by atoms with Crippen molar-refractivity contribution in [2.45, 2.75) is 82.8 Å². The zero-order valence-corrected chi connectivity index (χ0v) is 14.4. The molecule has 2 fully saturated rings. The van der Waals surface area contributed by atoms with Gasteiger partial charge in [0.2, 0.25) is 5.91 Å². The van der Waals surface area contributed by atoms with Crippen molar-refractivity contribution < 1.29 is 4.79 Å². The third-order valence-electron chi connectivity index (χ3n) is 5.14. The molecular weight excluding hydrogens is 268 g/mol. The largest absolute Gasteiger partial charge is 0.321 e. The predicted octanol–water partition coefficient (Wildman–Crippen LogP) is 3.24. The summed E-state index contributed by atoms with van der Waals surface area (Å²) in [7, 11) is 0. The number of nitrogens with one attached hydrogen (secondary N) is 1. The van der Waals surface area contributed by atoms with Gasteiger partial charge in [-0.15, -0.1) is 0 Å². The zero-order chi connectivity index (χ0) is 14.9. The van der Waals surface area contributed by atoms with Crippen LogP contribution in [0.15, 0.2) is 0 Å². The number of thioether (sulfide) groups is 1. The molecule has 2 rings (SSSR count). The number of carbonyl (C=O) groups is 1. The van der Waals surface area contributed by atoms with Crippen LogP contribution in [0.4, 0.5) is 0 Å². The van der Waals surface area contributed by atoms with Gasteiger partial charge in [0.25, 0.3) is 0 Å². The van der Waals surface area contributed by atoms with Gasteiger partial charge in [-0.05, 0) is 38.4 Å². The molecule has 0 aromatic rings. The highest BCUT2D eigenvalue weighted by Gasteiger charge is 2.51. The Hall–Kier alpha value is -0.220. The summed E-state index contributed by atoms with van der Waals surface area (Å²) in [5.74, 6) is 0.779. The van der Waals surface area contributed by atoms with Gasteiger partial charge in [-0.25, -0.2) is 0 Å². The Morgan fingerprint density at radius 1 is 1.40 bits per heavy atom. The molecular formula is C16H30N2OS. The van der Waals surface area contributed by atoms with Gasteiger partial charge in [0.1, 0.15) is 0 Å². The van der Waals surface area contributed by atoms with E-state index in [4.69, 9.17) is 0 Å². The summed E-state index contributed by atoms with van der Waals surface area (Å²) in [4.78, 5) is 15.2. The van der Waals surface area contributed by atoms with E-state index in [-0.39, 0.29) is 11.7 Å². The van der Waals surface area contributed by atoms with Gasteiger partial charge in [0.05, 0.1) is 11.7 Å². The van der Waals surface area contributed by atoms with Crippen LogP contribution in [0.1, 0.15) is 59.8 Å². The van der Waals surface area contributed by atoms with Crippen LogP contribution in [-0.2, 0) is 4.79 Å². The second-order valence-corrected chi connectivity index (χ2v) is 7.93. The predicted molar refractivity (Wildman–Crippen MR) is 86.9 cm³/mol. The molecule has 4 unspecified atom stereocenters. The van der Waals surface area contributed by atoms with Crippen molar-refractivity contribution in [3.05, 3.63) is 0 Å². The molecule has 1 heterocycles. The average Bonchev–Trinajstić information content (AvgIpc) is 2.72. The van der Waals surface area contributed by atoms with Crippen molar-refractivity contribution in [1.29, 1.82) is 0 Å². The lowest BCUT2D eigenvalue weighted by molar-refractivity contribution is -0.136. The molecule has 0 radical (unpaired) electrons. The maximum Gasteiger partial charge on any atom is 0.244 e. The summed E-state index contributed by atoms with van der Waals surface area (Å²) >= 11 is 1.94. The third kappa shape index (κ3) is 2.74. The molecule has 20 heavy (non-hydrogen) atoms. The first-order chi connectivity index (χ1) is 9.44. The average molecular weight is 298 g/mol. The Morgan fingerprint density at radius 2 is 2.05 bits per heavy atom. The van der Waals surface area contributed by atoms with Crippen LogP contribution < -0.4 is 5.32 Å². The lowest BCUT2D eigenvalue weighted by Crippen LogP contribution is -2.52. The van der Waals surface area contributed by atoms with E-state index in [1.807, 2.05) is 11.8 Å². The van der Waals surface area contributed by atoms with Crippen molar-refractivity contribution in [3.8, 4) is 0 Å². The molecule has 1 aliphatic carbocycles. The molecule has 1 aliphatic heterocycles. The summed E-state index contributed by atoms with van der Waals surface area (Å²) < 4.78 is 0. The van der Waals surface area contributed by atoms with Crippen LogP contribution in [0.3, 0.4) is 0 Å². The number of carbonyl (C=O) groups excluding carboxylic acids is 1. The molecule has 1 N–H and O–H groups in total. The summed E-state index contributed by atoms with van der Waals surface area (Å²) in [6, 6.07) is 0.416. The van der Waals surface area contributed by atoms with Crippen molar-refractivity contribution >= 4 is 17.7 Å². The van der Waals surface area contributed by atoms with Crippen molar-refractivity contribution in [2.24, 2.45) is 5.92 Å². The summed E-state index contributed by atoms with van der Waals surface area (Å²) in [5, 5.41) is 4.23. The second-order valence-electron chi connectivity index (χ2n) is 6.86. The Bertz CT molecular complexity index is 360. The van der Waals surface area contributed by atoms with E-state index in [0.717, 1.165) is 6.42 Å². The molecule has 1 saturated carbocycles. The smallest absolute Gasteiger partial charge is 0.244 e. The Kier molecular flexibility index (Phi) is 5.06. The van der Waals surface area contributed by atoms with Crippen molar-refractivity contribution in [3.63, 3.8) is 0 Å². The monoisotopic (exact) mass is 298 g/mol. The Morgan fingerprint density at radius 3 is 2.60 bits per heavy atom. The van der Waals surface area contributed by atoms with Gasteiger partial charge in [-0.3, -0.25) is 10.1 Å². The van der Waals surface area contributed by atoms with Crippen LogP contribution in [0.2, 0.25) is 0 Å². The minimum Gasteiger partial charge on any atom is -0.321 e. The standard InChI is InChI=1S/C16H30N2OS/c1-6-16(4)15(19)18(14(17-16)11(2)3)12-9-7-8-10-13(12)20-5/h11-14,17H,6-10H2,1-5H3. The first kappa shape index (κ1) is 16.2. The first-order valence-corrected chi connectivity index (χ1v) is 9.36. The molecule has 0 aromatic carbocycles. The third-order valence-corrected chi connectivity index (χ3v) is 6.29. The van der Waals surface area contributed by atoms with Crippen LogP contribution in [0.5, 0.6) is 0 Å². The van der Waals surface area contributed by atoms with Crippen LogP contribution in [0, 0.1) is 5.92 Å². The zero-order valence-electron chi connectivity index (χ0n) is 13.6. The first-order valence-electron chi connectivity index (χ1n) is 8.08. The van der Waals surface area contributed by atoms with Gasteiger partial charge < -0.3 is 4.90 Å². The van der Waals surface area contributed by atoms with Gasteiger partial charge >= 0.3 is 0 Å². The summed E-state index contributed by atoms with van der Waals surface area (Å²) in [6.07, 6.45) is 8.26. The topological polar surface area (TPSA) is 32.3 Å². The van der Waals surface area contributed by atoms with E-state index in [9.17, 15) is 4.79 Å². The van der Waals surface area contributed by atoms with Crippen LogP contribution >= 0.6 is 11.8 Å². The number of hydrogen-bond acceptors (Lipinski definition) is 3. The molecule has 0 spiro atoms. The van der Waals surface area contributed by atoms with E-state index in [1.165, 1.54) is 25.7 Å². The van der Waals surface area contributed by atoms with Crippen LogP contribution in [0.25, 0.3) is 0 Å². The van der Waals surface area contributed by atoms with E-state index in [0.29, 0.717) is 23.1 Å². The molecule has 3 nitrogen and oxygen atoms in total. The van der Waals surface area contributed by atoms with Crippen molar-refractivity contribution in [1.82, 2.24) is 10.2 Å². The molecule has 4 heteroatoms. The lowest BCUT2D eigenvalue weighted by Gasteiger charge is -2.41. The lowest BCUT2D eigenvalue weighted by atomic mass is 9.91.